The predicted molar refractivity (Wildman–Crippen MR) is 153 cm³/mol. The Hall–Kier alpha value is -3.39. The highest BCUT2D eigenvalue weighted by molar-refractivity contribution is 6.00. The number of likely N-dealkylation sites (tertiary alicyclic amines) is 1. The fourth-order valence-corrected chi connectivity index (χ4v) is 6.55. The molecule has 3 fully saturated rings. The van der Waals surface area contributed by atoms with Crippen LogP contribution in [-0.2, 0) is 27.4 Å². The number of nitrogens with zero attached hydrogens (tertiary/aromatic N) is 2. The number of carbonyl (C=O) groups excluding carboxylic acids is 3. The van der Waals surface area contributed by atoms with Gasteiger partial charge in [-0.3, -0.25) is 9.59 Å². The molecule has 0 bridgehead atoms. The molecule has 2 heterocycles. The van der Waals surface area contributed by atoms with Crippen LogP contribution in [0.5, 0.6) is 0 Å². The molecule has 3 amide bonds. The highest BCUT2D eigenvalue weighted by Gasteiger charge is 2.55. The number of amides is 3. The summed E-state index contributed by atoms with van der Waals surface area (Å²) in [7, 11) is 0. The zero-order valence-corrected chi connectivity index (χ0v) is 23.4. The maximum absolute atomic E-state index is 13.9. The molecule has 2 aliphatic heterocycles. The first-order valence-corrected chi connectivity index (χ1v) is 14.9. The Labute approximate surface area is 237 Å². The third-order valence-corrected chi connectivity index (χ3v) is 8.81. The molecule has 5 rings (SSSR count). The molecule has 8 nitrogen and oxygen atoms in total. The summed E-state index contributed by atoms with van der Waals surface area (Å²) in [6.45, 7) is 3.19. The van der Waals surface area contributed by atoms with E-state index in [0.717, 1.165) is 57.3 Å². The lowest BCUT2D eigenvalue weighted by Crippen LogP contribution is -2.74. The van der Waals surface area contributed by atoms with E-state index in [0.29, 0.717) is 32.2 Å². The number of alkyl carbamates (subject to hydrolysis) is 1. The van der Waals surface area contributed by atoms with Crippen molar-refractivity contribution in [2.24, 2.45) is 0 Å². The fourth-order valence-electron chi connectivity index (χ4n) is 6.55. The summed E-state index contributed by atoms with van der Waals surface area (Å²) in [6.07, 6.45) is 7.09. The number of piperidine rings is 1. The van der Waals surface area contributed by atoms with Gasteiger partial charge in [-0.2, -0.15) is 0 Å². The monoisotopic (exact) mass is 546 g/mol. The summed E-state index contributed by atoms with van der Waals surface area (Å²) in [5.41, 5.74) is 1.50. The van der Waals surface area contributed by atoms with Gasteiger partial charge >= 0.3 is 6.09 Å². The van der Waals surface area contributed by atoms with Crippen LogP contribution in [0.15, 0.2) is 60.7 Å². The molecule has 2 aromatic rings. The number of piperazine rings is 1. The highest BCUT2D eigenvalue weighted by atomic mass is 16.5. The van der Waals surface area contributed by atoms with Gasteiger partial charge in [-0.1, -0.05) is 73.5 Å². The van der Waals surface area contributed by atoms with Crippen molar-refractivity contribution in [2.75, 3.05) is 26.2 Å². The molecule has 0 unspecified atom stereocenters. The Balaban J connectivity index is 1.13. The van der Waals surface area contributed by atoms with E-state index in [1.807, 2.05) is 41.3 Å². The summed E-state index contributed by atoms with van der Waals surface area (Å²) in [4.78, 5) is 44.1. The Kier molecular flexibility index (Phi) is 9.37. The second kappa shape index (κ2) is 13.3. The molecule has 40 heavy (non-hydrogen) atoms. The van der Waals surface area contributed by atoms with Crippen molar-refractivity contribution in [3.63, 3.8) is 0 Å². The van der Waals surface area contributed by atoms with E-state index in [4.69, 9.17) is 4.74 Å². The summed E-state index contributed by atoms with van der Waals surface area (Å²) >= 11 is 0. The number of nitrogens with one attached hydrogen (secondary N) is 2. The van der Waals surface area contributed by atoms with E-state index in [1.165, 1.54) is 5.56 Å². The molecular formula is C32H42N4O4. The van der Waals surface area contributed by atoms with E-state index in [-0.39, 0.29) is 24.5 Å². The molecule has 1 saturated carbocycles. The Bertz CT molecular complexity index is 1130. The number of ether oxygens (including phenoxy) is 1. The van der Waals surface area contributed by atoms with Gasteiger partial charge < -0.3 is 25.2 Å². The number of rotatable bonds is 10. The zero-order chi connectivity index (χ0) is 27.8. The Morgan fingerprint density at radius 2 is 1.60 bits per heavy atom. The van der Waals surface area contributed by atoms with Gasteiger partial charge in [-0.25, -0.2) is 4.79 Å². The van der Waals surface area contributed by atoms with Crippen molar-refractivity contribution in [1.82, 2.24) is 20.4 Å². The van der Waals surface area contributed by atoms with Crippen LogP contribution in [0, 0.1) is 0 Å². The summed E-state index contributed by atoms with van der Waals surface area (Å²) < 4.78 is 5.27. The molecule has 1 aliphatic carbocycles. The van der Waals surface area contributed by atoms with Crippen LogP contribution < -0.4 is 10.6 Å². The topological polar surface area (TPSA) is 91.0 Å². The van der Waals surface area contributed by atoms with Crippen LogP contribution >= 0.6 is 0 Å². The van der Waals surface area contributed by atoms with Crippen LogP contribution in [-0.4, -0.2) is 71.5 Å². The van der Waals surface area contributed by atoms with Gasteiger partial charge in [-0.15, -0.1) is 0 Å². The van der Waals surface area contributed by atoms with Gasteiger partial charge in [0.2, 0.25) is 11.8 Å². The molecule has 3 aliphatic rings. The summed E-state index contributed by atoms with van der Waals surface area (Å²) in [6, 6.07) is 19.6. The molecule has 214 valence electrons. The number of carbonyl (C=O) groups is 3. The van der Waals surface area contributed by atoms with Gasteiger partial charge in [0.05, 0.1) is 0 Å². The average molecular weight is 547 g/mol. The van der Waals surface area contributed by atoms with Gasteiger partial charge in [0.25, 0.3) is 0 Å². The summed E-state index contributed by atoms with van der Waals surface area (Å²) in [5.74, 6) is 0.0535. The fraction of sp³-hybridized carbons (Fsp3) is 0.531. The normalized spacial score (nSPS) is 21.4. The zero-order valence-electron chi connectivity index (χ0n) is 23.4. The minimum Gasteiger partial charge on any atom is -0.445 e. The molecule has 0 aromatic heterocycles. The SMILES string of the molecule is O=C(NCCC[C@@H]1NC(=O)C2(CCN(CCc3ccccc3)CC2)N(C2CCCC2)C1=O)OCc1ccccc1. The highest BCUT2D eigenvalue weighted by Crippen LogP contribution is 2.39. The van der Waals surface area contributed by atoms with Gasteiger partial charge in [0.1, 0.15) is 18.2 Å². The molecule has 2 aromatic carbocycles. The van der Waals surface area contributed by atoms with Gasteiger partial charge in [0.15, 0.2) is 0 Å². The number of benzene rings is 2. The lowest BCUT2D eigenvalue weighted by Gasteiger charge is -2.54. The quantitative estimate of drug-likeness (QED) is 0.439. The average Bonchev–Trinajstić information content (AvgIpc) is 3.52. The lowest BCUT2D eigenvalue weighted by molar-refractivity contribution is -0.165. The smallest absolute Gasteiger partial charge is 0.407 e. The second-order valence-electron chi connectivity index (χ2n) is 11.4. The largest absolute Gasteiger partial charge is 0.445 e. The maximum atomic E-state index is 13.9. The lowest BCUT2D eigenvalue weighted by atomic mass is 9.80. The van der Waals surface area contributed by atoms with Crippen molar-refractivity contribution in [3.05, 3.63) is 71.8 Å². The number of hydrogen-bond donors (Lipinski definition) is 2. The molecule has 0 radical (unpaired) electrons. The van der Waals surface area contributed by atoms with Crippen molar-refractivity contribution < 1.29 is 19.1 Å². The molecule has 2 N–H and O–H groups in total. The molecule has 2 saturated heterocycles. The third kappa shape index (κ3) is 6.66. The molecule has 1 spiro atoms. The van der Waals surface area contributed by atoms with Crippen LogP contribution in [0.2, 0.25) is 0 Å². The maximum Gasteiger partial charge on any atom is 0.407 e. The first-order valence-electron chi connectivity index (χ1n) is 14.9. The second-order valence-corrected chi connectivity index (χ2v) is 11.4. The van der Waals surface area contributed by atoms with E-state index < -0.39 is 17.7 Å². The van der Waals surface area contributed by atoms with Crippen LogP contribution in [0.25, 0.3) is 0 Å². The number of hydrogen-bond acceptors (Lipinski definition) is 5. The first kappa shape index (κ1) is 28.1. The minimum absolute atomic E-state index is 0.00180. The van der Waals surface area contributed by atoms with Gasteiger partial charge in [0, 0.05) is 32.2 Å². The summed E-state index contributed by atoms with van der Waals surface area (Å²) in [5, 5.41) is 5.86. The Morgan fingerprint density at radius 1 is 0.950 bits per heavy atom. The molecule has 1 atom stereocenters. The standard InChI is InChI=1S/C32H42N4O4/c37-29-28(16-9-20-33-31(39)40-24-26-12-5-2-6-13-26)34-30(38)32(36(29)27-14-7-8-15-27)18-22-35(23-19-32)21-17-25-10-3-1-4-11-25/h1-6,10-13,27-28H,7-9,14-24H2,(H,33,39)(H,34,38)/t28-/m0/s1. The molecular weight excluding hydrogens is 504 g/mol. The van der Waals surface area contributed by atoms with Crippen molar-refractivity contribution in [1.29, 1.82) is 0 Å². The van der Waals surface area contributed by atoms with Crippen molar-refractivity contribution >= 4 is 17.9 Å². The van der Waals surface area contributed by atoms with Crippen LogP contribution in [0.3, 0.4) is 0 Å². The van der Waals surface area contributed by atoms with Crippen LogP contribution in [0.1, 0.15) is 62.5 Å². The Morgan fingerprint density at radius 3 is 2.27 bits per heavy atom. The third-order valence-electron chi connectivity index (χ3n) is 8.81. The van der Waals surface area contributed by atoms with E-state index in [2.05, 4.69) is 39.8 Å². The first-order chi connectivity index (χ1) is 19.5. The van der Waals surface area contributed by atoms with E-state index in [9.17, 15) is 14.4 Å². The predicted octanol–water partition coefficient (Wildman–Crippen LogP) is 4.04. The van der Waals surface area contributed by atoms with Crippen LogP contribution in [0.4, 0.5) is 4.79 Å². The van der Waals surface area contributed by atoms with E-state index in [1.54, 1.807) is 0 Å². The van der Waals surface area contributed by atoms with Gasteiger partial charge in [-0.05, 0) is 56.1 Å². The van der Waals surface area contributed by atoms with Crippen molar-refractivity contribution in [3.8, 4) is 0 Å². The minimum atomic E-state index is -0.745. The van der Waals surface area contributed by atoms with E-state index >= 15 is 0 Å². The molecule has 8 heteroatoms. The van der Waals surface area contributed by atoms with Crippen molar-refractivity contribution in [2.45, 2.75) is 82.0 Å².